The van der Waals surface area contributed by atoms with Crippen LogP contribution in [0, 0.1) is 6.92 Å². The fourth-order valence-electron chi connectivity index (χ4n) is 1.41. The molecule has 0 spiro atoms. The van der Waals surface area contributed by atoms with Crippen molar-refractivity contribution >= 4 is 25.6 Å². The summed E-state index contributed by atoms with van der Waals surface area (Å²) >= 11 is 0. The second-order valence-electron chi connectivity index (χ2n) is 4.25. The van der Waals surface area contributed by atoms with Crippen LogP contribution in [-0.2, 0) is 13.8 Å². The molecule has 0 saturated carbocycles. The standard InChI is InChI=1S/C12H16ClNO4S/c1-9-8-10(19(13,16)17)4-5-11(9)18-7-6-12(15)14(2)3/h4-5,8H,6-7H2,1-3H3. The summed E-state index contributed by atoms with van der Waals surface area (Å²) in [5.41, 5.74) is 0.652. The highest BCUT2D eigenvalue weighted by molar-refractivity contribution is 8.13. The molecule has 1 aromatic carbocycles. The predicted octanol–water partition coefficient (Wildman–Crippen LogP) is 1.78. The zero-order chi connectivity index (χ0) is 14.6. The van der Waals surface area contributed by atoms with Gasteiger partial charge in [0.25, 0.3) is 9.05 Å². The van der Waals surface area contributed by atoms with Gasteiger partial charge in [-0.3, -0.25) is 4.79 Å². The molecule has 0 aromatic heterocycles. The van der Waals surface area contributed by atoms with Gasteiger partial charge in [-0.25, -0.2) is 8.42 Å². The first kappa shape index (κ1) is 15.8. The SMILES string of the molecule is Cc1cc(S(=O)(=O)Cl)ccc1OCCC(=O)N(C)C. The van der Waals surface area contributed by atoms with Gasteiger partial charge >= 0.3 is 0 Å². The van der Waals surface area contributed by atoms with Crippen LogP contribution in [0.1, 0.15) is 12.0 Å². The lowest BCUT2D eigenvalue weighted by molar-refractivity contribution is -0.129. The van der Waals surface area contributed by atoms with Gasteiger partial charge in [0.2, 0.25) is 5.91 Å². The molecule has 0 radical (unpaired) electrons. The van der Waals surface area contributed by atoms with E-state index in [2.05, 4.69) is 0 Å². The Balaban J connectivity index is 2.69. The molecule has 0 bridgehead atoms. The fraction of sp³-hybridized carbons (Fsp3) is 0.417. The van der Waals surface area contributed by atoms with Gasteiger partial charge in [-0.1, -0.05) is 0 Å². The number of carbonyl (C=O) groups excluding carboxylic acids is 1. The van der Waals surface area contributed by atoms with Crippen molar-refractivity contribution in [3.05, 3.63) is 23.8 Å². The van der Waals surface area contributed by atoms with E-state index in [-0.39, 0.29) is 23.8 Å². The molecule has 0 saturated heterocycles. The number of benzene rings is 1. The summed E-state index contributed by atoms with van der Waals surface area (Å²) in [6.07, 6.45) is 0.266. The molecule has 0 unspecified atom stereocenters. The third-order valence-corrected chi connectivity index (χ3v) is 3.85. The van der Waals surface area contributed by atoms with E-state index in [0.717, 1.165) is 0 Å². The molecule has 0 aliphatic rings. The van der Waals surface area contributed by atoms with Crippen molar-refractivity contribution in [3.63, 3.8) is 0 Å². The molecule has 7 heteroatoms. The number of halogens is 1. The Morgan fingerprint density at radius 3 is 2.47 bits per heavy atom. The van der Waals surface area contributed by atoms with Crippen LogP contribution in [0.15, 0.2) is 23.1 Å². The predicted molar refractivity (Wildman–Crippen MR) is 73.0 cm³/mol. The van der Waals surface area contributed by atoms with E-state index in [0.29, 0.717) is 11.3 Å². The molecular formula is C12H16ClNO4S. The Bertz CT molecular complexity index is 569. The van der Waals surface area contributed by atoms with E-state index in [1.165, 1.54) is 23.1 Å². The lowest BCUT2D eigenvalue weighted by atomic mass is 10.2. The highest BCUT2D eigenvalue weighted by Gasteiger charge is 2.12. The number of hydrogen-bond acceptors (Lipinski definition) is 4. The Kier molecular flexibility index (Phi) is 5.20. The van der Waals surface area contributed by atoms with Crippen LogP contribution >= 0.6 is 10.7 Å². The maximum absolute atomic E-state index is 11.4. The lowest BCUT2D eigenvalue weighted by Gasteiger charge is -2.12. The average Bonchev–Trinajstić information content (AvgIpc) is 2.29. The molecule has 1 amide bonds. The summed E-state index contributed by atoms with van der Waals surface area (Å²) in [5, 5.41) is 0. The minimum Gasteiger partial charge on any atom is -0.493 e. The average molecular weight is 306 g/mol. The minimum absolute atomic E-state index is 0.0300. The molecule has 0 aliphatic heterocycles. The number of nitrogens with zero attached hydrogens (tertiary/aromatic N) is 1. The zero-order valence-corrected chi connectivity index (χ0v) is 12.6. The van der Waals surface area contributed by atoms with Crippen molar-refractivity contribution < 1.29 is 17.9 Å². The molecule has 0 heterocycles. The quantitative estimate of drug-likeness (QED) is 0.778. The number of hydrogen-bond donors (Lipinski definition) is 0. The third-order valence-electron chi connectivity index (χ3n) is 2.50. The van der Waals surface area contributed by atoms with Gasteiger partial charge in [0.15, 0.2) is 0 Å². The van der Waals surface area contributed by atoms with Crippen LogP contribution in [0.3, 0.4) is 0 Å². The van der Waals surface area contributed by atoms with Crippen molar-refractivity contribution in [2.45, 2.75) is 18.2 Å². The van der Waals surface area contributed by atoms with Crippen molar-refractivity contribution in [1.29, 1.82) is 0 Å². The smallest absolute Gasteiger partial charge is 0.261 e. The Labute approximate surface area is 117 Å². The number of rotatable bonds is 5. The van der Waals surface area contributed by atoms with Crippen LogP contribution in [0.25, 0.3) is 0 Å². The minimum atomic E-state index is -3.73. The second kappa shape index (κ2) is 6.25. The van der Waals surface area contributed by atoms with E-state index in [9.17, 15) is 13.2 Å². The summed E-state index contributed by atoms with van der Waals surface area (Å²) in [7, 11) is 4.86. The van der Waals surface area contributed by atoms with Gasteiger partial charge < -0.3 is 9.64 Å². The Hall–Kier alpha value is -1.27. The highest BCUT2D eigenvalue weighted by atomic mass is 35.7. The third kappa shape index (κ3) is 4.72. The lowest BCUT2D eigenvalue weighted by Crippen LogP contribution is -2.23. The molecule has 1 aromatic rings. The van der Waals surface area contributed by atoms with Gasteiger partial charge in [0, 0.05) is 24.8 Å². The number of ether oxygens (including phenoxy) is 1. The maximum Gasteiger partial charge on any atom is 0.261 e. The number of aryl methyl sites for hydroxylation is 1. The van der Waals surface area contributed by atoms with E-state index in [1.54, 1.807) is 21.0 Å². The van der Waals surface area contributed by atoms with Crippen molar-refractivity contribution in [1.82, 2.24) is 4.90 Å². The monoisotopic (exact) mass is 305 g/mol. The summed E-state index contributed by atoms with van der Waals surface area (Å²) in [6.45, 7) is 1.96. The normalized spacial score (nSPS) is 11.2. The van der Waals surface area contributed by atoms with E-state index < -0.39 is 9.05 Å². The zero-order valence-electron chi connectivity index (χ0n) is 11.0. The molecule has 19 heavy (non-hydrogen) atoms. The summed E-state index contributed by atoms with van der Waals surface area (Å²) in [5.74, 6) is 0.508. The van der Waals surface area contributed by atoms with Crippen LogP contribution in [-0.4, -0.2) is 39.9 Å². The number of carbonyl (C=O) groups is 1. The molecule has 0 fully saturated rings. The van der Waals surface area contributed by atoms with Gasteiger partial charge in [0.1, 0.15) is 5.75 Å². The highest BCUT2D eigenvalue weighted by Crippen LogP contribution is 2.23. The molecule has 5 nitrogen and oxygen atoms in total. The van der Waals surface area contributed by atoms with Crippen molar-refractivity contribution in [2.75, 3.05) is 20.7 Å². The van der Waals surface area contributed by atoms with Crippen LogP contribution in [0.2, 0.25) is 0 Å². The Morgan fingerprint density at radius 2 is 2.00 bits per heavy atom. The van der Waals surface area contributed by atoms with Gasteiger partial charge in [0.05, 0.1) is 17.9 Å². The first-order valence-electron chi connectivity index (χ1n) is 5.60. The van der Waals surface area contributed by atoms with Crippen molar-refractivity contribution in [2.24, 2.45) is 0 Å². The first-order valence-corrected chi connectivity index (χ1v) is 7.91. The largest absolute Gasteiger partial charge is 0.493 e. The summed E-state index contributed by atoms with van der Waals surface area (Å²) in [6, 6.07) is 4.34. The van der Waals surface area contributed by atoms with Gasteiger partial charge in [-0.2, -0.15) is 0 Å². The maximum atomic E-state index is 11.4. The molecule has 106 valence electrons. The topological polar surface area (TPSA) is 63.7 Å². The van der Waals surface area contributed by atoms with Gasteiger partial charge in [-0.05, 0) is 30.7 Å². The van der Waals surface area contributed by atoms with E-state index in [1.807, 2.05) is 0 Å². The second-order valence-corrected chi connectivity index (χ2v) is 6.82. The first-order chi connectivity index (χ1) is 8.71. The summed E-state index contributed by atoms with van der Waals surface area (Å²) in [4.78, 5) is 12.9. The van der Waals surface area contributed by atoms with E-state index in [4.69, 9.17) is 15.4 Å². The number of amides is 1. The molecular weight excluding hydrogens is 290 g/mol. The van der Waals surface area contributed by atoms with Gasteiger partial charge in [-0.15, -0.1) is 0 Å². The van der Waals surface area contributed by atoms with Crippen LogP contribution in [0.4, 0.5) is 0 Å². The van der Waals surface area contributed by atoms with Crippen LogP contribution < -0.4 is 4.74 Å². The van der Waals surface area contributed by atoms with Crippen LogP contribution in [0.5, 0.6) is 5.75 Å². The molecule has 0 atom stereocenters. The molecule has 0 aliphatic carbocycles. The fourth-order valence-corrected chi connectivity index (χ4v) is 2.24. The molecule has 0 N–H and O–H groups in total. The van der Waals surface area contributed by atoms with E-state index >= 15 is 0 Å². The molecule has 1 rings (SSSR count). The summed E-state index contributed by atoms with van der Waals surface area (Å²) < 4.78 is 27.7. The van der Waals surface area contributed by atoms with Crippen molar-refractivity contribution in [3.8, 4) is 5.75 Å². The Morgan fingerprint density at radius 1 is 1.37 bits per heavy atom.